The number of hydrogen-bond acceptors (Lipinski definition) is 6. The van der Waals surface area contributed by atoms with Gasteiger partial charge < -0.3 is 19.3 Å². The summed E-state index contributed by atoms with van der Waals surface area (Å²) in [6.07, 6.45) is -1.43. The van der Waals surface area contributed by atoms with Crippen LogP contribution in [-0.4, -0.2) is 46.6 Å². The van der Waals surface area contributed by atoms with Crippen LogP contribution >= 0.6 is 0 Å². The third kappa shape index (κ3) is 0.824. The van der Waals surface area contributed by atoms with Crippen molar-refractivity contribution < 1.29 is 28.9 Å². The molecule has 8 atom stereocenters. The Balaban J connectivity index is 1.83. The molecule has 0 aromatic carbocycles. The summed E-state index contributed by atoms with van der Waals surface area (Å²) in [6, 6.07) is 0. The van der Waals surface area contributed by atoms with Crippen LogP contribution in [-0.2, 0) is 23.8 Å². The second kappa shape index (κ2) is 2.99. The predicted octanol–water partition coefficient (Wildman–Crippen LogP) is 0.328. The van der Waals surface area contributed by atoms with Gasteiger partial charge in [0.15, 0.2) is 6.10 Å². The van der Waals surface area contributed by atoms with Crippen molar-refractivity contribution in [3.05, 3.63) is 12.2 Å². The van der Waals surface area contributed by atoms with Crippen molar-refractivity contribution >= 4 is 11.9 Å². The van der Waals surface area contributed by atoms with Crippen molar-refractivity contribution in [1.82, 2.24) is 0 Å². The van der Waals surface area contributed by atoms with Gasteiger partial charge in [-0.05, 0) is 20.8 Å². The predicted molar refractivity (Wildman–Crippen MR) is 71.4 cm³/mol. The number of esters is 2. The molecule has 0 radical (unpaired) electrons. The molecule has 5 aliphatic rings. The van der Waals surface area contributed by atoms with Gasteiger partial charge in [0.05, 0.1) is 11.0 Å². The molecule has 5 fully saturated rings. The first-order valence-corrected chi connectivity index (χ1v) is 7.64. The molecule has 5 rings (SSSR count). The number of carbonyl (C=O) groups excluding carboxylic acids is 2. The maximum Gasteiger partial charge on any atom is 0.342 e. The number of ether oxygens (including phenoxy) is 3. The molecule has 6 unspecified atom stereocenters. The van der Waals surface area contributed by atoms with Crippen molar-refractivity contribution in [3.8, 4) is 0 Å². The van der Waals surface area contributed by atoms with Crippen molar-refractivity contribution in [2.45, 2.75) is 56.7 Å². The van der Waals surface area contributed by atoms with Crippen LogP contribution in [0.3, 0.4) is 0 Å². The van der Waals surface area contributed by atoms with Gasteiger partial charge in [0, 0.05) is 12.3 Å². The Labute approximate surface area is 127 Å². The summed E-state index contributed by atoms with van der Waals surface area (Å²) in [6.45, 7) is 9.34. The highest BCUT2D eigenvalue weighted by Crippen LogP contribution is 2.79. The highest BCUT2D eigenvalue weighted by Gasteiger charge is 2.97. The van der Waals surface area contributed by atoms with Gasteiger partial charge in [0.2, 0.25) is 5.60 Å². The van der Waals surface area contributed by atoms with Crippen LogP contribution in [0.15, 0.2) is 12.2 Å². The lowest BCUT2D eigenvalue weighted by Gasteiger charge is -2.55. The molecule has 6 heteroatoms. The van der Waals surface area contributed by atoms with Crippen LogP contribution in [0.5, 0.6) is 0 Å². The van der Waals surface area contributed by atoms with E-state index in [0.717, 1.165) is 5.57 Å². The average Bonchev–Trinajstić information content (AvgIpc) is 2.95. The lowest BCUT2D eigenvalue weighted by molar-refractivity contribution is -0.225. The fraction of sp³-hybridized carbons (Fsp3) is 0.750. The number of aliphatic hydroxyl groups is 1. The molecule has 3 aliphatic heterocycles. The van der Waals surface area contributed by atoms with Gasteiger partial charge in [-0.3, -0.25) is 4.79 Å². The molecule has 0 amide bonds. The number of rotatable bonds is 1. The number of fused-ring (bicyclic) bond motifs is 4. The zero-order valence-electron chi connectivity index (χ0n) is 12.7. The van der Waals surface area contributed by atoms with E-state index in [9.17, 15) is 14.7 Å². The number of hydrogen-bond donors (Lipinski definition) is 1. The smallest absolute Gasteiger partial charge is 0.342 e. The second-order valence-electron chi connectivity index (χ2n) is 7.83. The maximum atomic E-state index is 12.7. The molecule has 3 saturated heterocycles. The van der Waals surface area contributed by atoms with Crippen molar-refractivity contribution in [3.63, 3.8) is 0 Å². The van der Waals surface area contributed by atoms with Gasteiger partial charge in [-0.1, -0.05) is 12.2 Å². The first-order valence-electron chi connectivity index (χ1n) is 7.64. The Morgan fingerprint density at radius 2 is 1.95 bits per heavy atom. The minimum Gasteiger partial charge on any atom is -0.457 e. The zero-order chi connectivity index (χ0) is 15.9. The summed E-state index contributed by atoms with van der Waals surface area (Å²) in [7, 11) is 0. The van der Waals surface area contributed by atoms with Gasteiger partial charge in [0.25, 0.3) is 0 Å². The van der Waals surface area contributed by atoms with Crippen LogP contribution < -0.4 is 0 Å². The van der Waals surface area contributed by atoms with E-state index >= 15 is 0 Å². The summed E-state index contributed by atoms with van der Waals surface area (Å²) >= 11 is 0. The summed E-state index contributed by atoms with van der Waals surface area (Å²) < 4.78 is 16.8. The van der Waals surface area contributed by atoms with Crippen LogP contribution in [0.25, 0.3) is 0 Å². The fourth-order valence-corrected chi connectivity index (χ4v) is 6.13. The first kappa shape index (κ1) is 13.1. The SMILES string of the molecule is C=C(C)C1C2OC(=O)C1(C)C1(O)C[C@H]3O[C@]34C(=O)OC2C14C. The Kier molecular flexibility index (Phi) is 1.78. The van der Waals surface area contributed by atoms with Crippen LogP contribution in [0.4, 0.5) is 0 Å². The lowest BCUT2D eigenvalue weighted by atomic mass is 9.47. The third-order valence-corrected chi connectivity index (χ3v) is 7.25. The van der Waals surface area contributed by atoms with E-state index in [4.69, 9.17) is 14.2 Å². The molecule has 1 N–H and O–H groups in total. The molecule has 2 saturated carbocycles. The van der Waals surface area contributed by atoms with Gasteiger partial charge >= 0.3 is 11.9 Å². The van der Waals surface area contributed by atoms with Crippen molar-refractivity contribution in [1.29, 1.82) is 0 Å². The van der Waals surface area contributed by atoms with Gasteiger partial charge in [-0.25, -0.2) is 4.79 Å². The minimum absolute atomic E-state index is 0.247. The summed E-state index contributed by atoms with van der Waals surface area (Å²) in [5, 5.41) is 11.6. The third-order valence-electron chi connectivity index (χ3n) is 7.25. The van der Waals surface area contributed by atoms with Crippen LogP contribution in [0.1, 0.15) is 27.2 Å². The van der Waals surface area contributed by atoms with Gasteiger partial charge in [-0.15, -0.1) is 0 Å². The second-order valence-corrected chi connectivity index (χ2v) is 7.83. The monoisotopic (exact) mass is 306 g/mol. The minimum atomic E-state index is -1.41. The normalized spacial score (nSPS) is 63.1. The van der Waals surface area contributed by atoms with E-state index in [0.29, 0.717) is 0 Å². The first-order chi connectivity index (χ1) is 10.2. The van der Waals surface area contributed by atoms with E-state index in [2.05, 4.69) is 6.58 Å². The Hall–Kier alpha value is -1.40. The average molecular weight is 306 g/mol. The molecule has 3 heterocycles. The molecule has 22 heavy (non-hydrogen) atoms. The Morgan fingerprint density at radius 3 is 2.59 bits per heavy atom. The number of carbonyl (C=O) groups is 2. The largest absolute Gasteiger partial charge is 0.457 e. The van der Waals surface area contributed by atoms with Crippen molar-refractivity contribution in [2.24, 2.45) is 16.7 Å². The molecule has 1 spiro atoms. The van der Waals surface area contributed by atoms with Crippen LogP contribution in [0.2, 0.25) is 0 Å². The highest BCUT2D eigenvalue weighted by molar-refractivity contribution is 5.92. The standard InChI is InChI=1S/C16H18O6/c1-6(2)8-9-10-14(4)15(19,13(8,3)11(17)20-9)5-7-16(14,22-7)12(18)21-10/h7-10,19H,1,5H2,2-4H3/t7-,8?,9?,10?,13?,14?,15?,16+/m1/s1. The molecule has 6 nitrogen and oxygen atoms in total. The van der Waals surface area contributed by atoms with Crippen LogP contribution in [0, 0.1) is 16.7 Å². The summed E-state index contributed by atoms with van der Waals surface area (Å²) in [5.74, 6) is -1.24. The highest BCUT2D eigenvalue weighted by atomic mass is 16.7. The molecule has 118 valence electrons. The number of epoxide rings is 1. The fourth-order valence-electron chi connectivity index (χ4n) is 6.13. The van der Waals surface area contributed by atoms with Gasteiger partial charge in [-0.2, -0.15) is 0 Å². The molecule has 0 aromatic heterocycles. The van der Waals surface area contributed by atoms with Gasteiger partial charge in [0.1, 0.15) is 17.6 Å². The summed E-state index contributed by atoms with van der Waals surface area (Å²) in [5.41, 5.74) is -3.87. The Bertz CT molecular complexity index is 686. The van der Waals surface area contributed by atoms with E-state index in [-0.39, 0.29) is 18.4 Å². The molecule has 0 aromatic rings. The molecular formula is C16H18O6. The molecule has 2 bridgehead atoms. The Morgan fingerprint density at radius 1 is 1.27 bits per heavy atom. The van der Waals surface area contributed by atoms with E-state index in [1.165, 1.54) is 0 Å². The quantitative estimate of drug-likeness (QED) is 0.427. The zero-order valence-corrected chi connectivity index (χ0v) is 12.7. The van der Waals surface area contributed by atoms with E-state index < -0.39 is 46.2 Å². The maximum absolute atomic E-state index is 12.7. The van der Waals surface area contributed by atoms with Crippen molar-refractivity contribution in [2.75, 3.05) is 0 Å². The topological polar surface area (TPSA) is 85.4 Å². The molecular weight excluding hydrogens is 288 g/mol. The van der Waals surface area contributed by atoms with E-state index in [1.807, 2.05) is 6.92 Å². The summed E-state index contributed by atoms with van der Waals surface area (Å²) in [4.78, 5) is 25.1. The molecule has 2 aliphatic carbocycles. The van der Waals surface area contributed by atoms with E-state index in [1.54, 1.807) is 13.8 Å². The lowest BCUT2D eigenvalue weighted by Crippen LogP contribution is -2.70.